The van der Waals surface area contributed by atoms with Gasteiger partial charge in [-0.3, -0.25) is 0 Å². The van der Waals surface area contributed by atoms with Crippen LogP contribution in [-0.2, 0) is 0 Å². The number of nitrogen functional groups attached to an aromatic ring is 1. The highest BCUT2D eigenvalue weighted by atomic mass is 15.1. The molecule has 0 spiro atoms. The smallest absolute Gasteiger partial charge is 0.0992 e. The van der Waals surface area contributed by atoms with E-state index in [0.717, 1.165) is 30.0 Å². The zero-order valence-corrected chi connectivity index (χ0v) is 9.66. The number of aryl methyl sites for hydroxylation is 1. The summed E-state index contributed by atoms with van der Waals surface area (Å²) in [6.07, 6.45) is 3.78. The Morgan fingerprint density at radius 3 is 2.50 bits per heavy atom. The summed E-state index contributed by atoms with van der Waals surface area (Å²) < 4.78 is 0. The molecule has 1 fully saturated rings. The van der Waals surface area contributed by atoms with Crippen molar-refractivity contribution in [3.8, 4) is 6.07 Å². The Labute approximate surface area is 96.5 Å². The average molecular weight is 215 g/mol. The van der Waals surface area contributed by atoms with Crippen molar-refractivity contribution in [3.63, 3.8) is 0 Å². The molecular weight excluding hydrogens is 198 g/mol. The van der Waals surface area contributed by atoms with Crippen LogP contribution in [-0.4, -0.2) is 13.1 Å². The molecule has 1 saturated heterocycles. The molecule has 1 aromatic rings. The molecule has 0 saturated carbocycles. The zero-order valence-electron chi connectivity index (χ0n) is 9.66. The van der Waals surface area contributed by atoms with Crippen LogP contribution in [0.1, 0.15) is 30.4 Å². The number of nitrogens with zero attached hydrogens (tertiary/aromatic N) is 2. The number of benzene rings is 1. The van der Waals surface area contributed by atoms with E-state index in [-0.39, 0.29) is 0 Å². The fraction of sp³-hybridized carbons (Fsp3) is 0.462. The van der Waals surface area contributed by atoms with E-state index in [0.29, 0.717) is 5.56 Å². The molecule has 0 unspecified atom stereocenters. The first-order chi connectivity index (χ1) is 7.72. The summed E-state index contributed by atoms with van der Waals surface area (Å²) in [5.41, 5.74) is 9.65. The minimum absolute atomic E-state index is 0.649. The molecule has 0 amide bonds. The fourth-order valence-corrected chi connectivity index (χ4v) is 2.42. The van der Waals surface area contributed by atoms with Crippen molar-refractivity contribution in [3.05, 3.63) is 23.3 Å². The second-order valence-electron chi connectivity index (χ2n) is 4.39. The predicted molar refractivity (Wildman–Crippen MR) is 66.4 cm³/mol. The maximum absolute atomic E-state index is 8.87. The van der Waals surface area contributed by atoms with Gasteiger partial charge in [-0.05, 0) is 43.9 Å². The highest BCUT2D eigenvalue weighted by Gasteiger charge is 2.16. The van der Waals surface area contributed by atoms with Crippen LogP contribution in [0.5, 0.6) is 0 Å². The van der Waals surface area contributed by atoms with Crippen molar-refractivity contribution >= 4 is 11.4 Å². The Balaban J connectivity index is 2.36. The lowest BCUT2D eigenvalue weighted by Gasteiger charge is -2.31. The number of hydrogen-bond acceptors (Lipinski definition) is 3. The van der Waals surface area contributed by atoms with E-state index in [1.54, 1.807) is 6.07 Å². The first-order valence-electron chi connectivity index (χ1n) is 5.77. The van der Waals surface area contributed by atoms with Crippen molar-refractivity contribution in [2.75, 3.05) is 23.7 Å². The van der Waals surface area contributed by atoms with Gasteiger partial charge in [0, 0.05) is 13.1 Å². The van der Waals surface area contributed by atoms with Crippen molar-refractivity contribution in [2.45, 2.75) is 26.2 Å². The van der Waals surface area contributed by atoms with Gasteiger partial charge < -0.3 is 10.6 Å². The summed E-state index contributed by atoms with van der Waals surface area (Å²) in [5.74, 6) is 0. The molecular formula is C13H17N3. The van der Waals surface area contributed by atoms with Crippen LogP contribution in [0.3, 0.4) is 0 Å². The Bertz CT molecular complexity index is 402. The molecule has 1 aromatic carbocycles. The normalized spacial score (nSPS) is 15.9. The maximum Gasteiger partial charge on any atom is 0.0992 e. The Hall–Kier alpha value is -1.69. The second kappa shape index (κ2) is 4.44. The molecule has 0 aliphatic carbocycles. The molecule has 3 heteroatoms. The second-order valence-corrected chi connectivity index (χ2v) is 4.39. The van der Waals surface area contributed by atoms with Crippen LogP contribution >= 0.6 is 0 Å². The standard InChI is InChI=1S/C13H17N3/c1-10-7-11(9-14)8-12(15)13(10)16-5-3-2-4-6-16/h7-8H,2-6,15H2,1H3. The first-order valence-corrected chi connectivity index (χ1v) is 5.77. The topological polar surface area (TPSA) is 53.1 Å². The molecule has 0 aromatic heterocycles. The summed E-state index contributed by atoms with van der Waals surface area (Å²) in [6, 6.07) is 5.83. The molecule has 0 radical (unpaired) electrons. The van der Waals surface area contributed by atoms with Crippen LogP contribution in [0.4, 0.5) is 11.4 Å². The minimum Gasteiger partial charge on any atom is -0.397 e. The van der Waals surface area contributed by atoms with E-state index in [1.165, 1.54) is 19.3 Å². The van der Waals surface area contributed by atoms with Gasteiger partial charge in [0.1, 0.15) is 0 Å². The molecule has 0 bridgehead atoms. The van der Waals surface area contributed by atoms with E-state index in [1.807, 2.05) is 13.0 Å². The Kier molecular flexibility index (Phi) is 3.00. The van der Waals surface area contributed by atoms with Gasteiger partial charge in [-0.25, -0.2) is 0 Å². The highest BCUT2D eigenvalue weighted by Crippen LogP contribution is 2.30. The van der Waals surface area contributed by atoms with Gasteiger partial charge in [0.15, 0.2) is 0 Å². The van der Waals surface area contributed by atoms with Gasteiger partial charge in [0.05, 0.1) is 23.0 Å². The summed E-state index contributed by atoms with van der Waals surface area (Å²) in [5, 5.41) is 8.87. The Morgan fingerprint density at radius 2 is 1.94 bits per heavy atom. The lowest BCUT2D eigenvalue weighted by molar-refractivity contribution is 0.577. The van der Waals surface area contributed by atoms with Gasteiger partial charge in [-0.1, -0.05) is 0 Å². The number of nitriles is 1. The molecule has 0 atom stereocenters. The molecule has 84 valence electrons. The number of nitrogens with two attached hydrogens (primary N) is 1. The average Bonchev–Trinajstić information content (AvgIpc) is 2.29. The molecule has 1 aliphatic heterocycles. The predicted octanol–water partition coefficient (Wildman–Crippen LogP) is 2.44. The maximum atomic E-state index is 8.87. The van der Waals surface area contributed by atoms with Gasteiger partial charge >= 0.3 is 0 Å². The van der Waals surface area contributed by atoms with Gasteiger partial charge in [-0.2, -0.15) is 5.26 Å². The lowest BCUT2D eigenvalue weighted by Crippen LogP contribution is -2.30. The van der Waals surface area contributed by atoms with Crippen molar-refractivity contribution in [2.24, 2.45) is 0 Å². The molecule has 3 nitrogen and oxygen atoms in total. The molecule has 2 N–H and O–H groups in total. The van der Waals surface area contributed by atoms with Crippen molar-refractivity contribution in [1.82, 2.24) is 0 Å². The molecule has 1 aliphatic rings. The number of anilines is 2. The van der Waals surface area contributed by atoms with E-state index in [4.69, 9.17) is 11.0 Å². The van der Waals surface area contributed by atoms with Gasteiger partial charge in [0.25, 0.3) is 0 Å². The minimum atomic E-state index is 0.649. The SMILES string of the molecule is Cc1cc(C#N)cc(N)c1N1CCCCC1. The van der Waals surface area contributed by atoms with Crippen LogP contribution in [0.15, 0.2) is 12.1 Å². The fourth-order valence-electron chi connectivity index (χ4n) is 2.42. The molecule has 1 heterocycles. The van der Waals surface area contributed by atoms with Gasteiger partial charge in [0.2, 0.25) is 0 Å². The van der Waals surface area contributed by atoms with Crippen LogP contribution in [0.2, 0.25) is 0 Å². The molecule has 2 rings (SSSR count). The lowest BCUT2D eigenvalue weighted by atomic mass is 10.0. The summed E-state index contributed by atoms with van der Waals surface area (Å²) in [7, 11) is 0. The third-order valence-electron chi connectivity index (χ3n) is 3.13. The van der Waals surface area contributed by atoms with E-state index < -0.39 is 0 Å². The largest absolute Gasteiger partial charge is 0.397 e. The summed E-state index contributed by atoms with van der Waals surface area (Å²) in [6.45, 7) is 4.19. The third-order valence-corrected chi connectivity index (χ3v) is 3.13. The van der Waals surface area contributed by atoms with E-state index >= 15 is 0 Å². The van der Waals surface area contributed by atoms with E-state index in [9.17, 15) is 0 Å². The first kappa shape index (κ1) is 10.8. The highest BCUT2D eigenvalue weighted by molar-refractivity contribution is 5.73. The van der Waals surface area contributed by atoms with Crippen LogP contribution in [0.25, 0.3) is 0 Å². The number of hydrogen-bond donors (Lipinski definition) is 1. The monoisotopic (exact) mass is 215 g/mol. The third kappa shape index (κ3) is 1.96. The van der Waals surface area contributed by atoms with Crippen molar-refractivity contribution < 1.29 is 0 Å². The number of piperidine rings is 1. The quantitative estimate of drug-likeness (QED) is 0.732. The Morgan fingerprint density at radius 1 is 1.25 bits per heavy atom. The van der Waals surface area contributed by atoms with E-state index in [2.05, 4.69) is 11.0 Å². The molecule has 16 heavy (non-hydrogen) atoms. The van der Waals surface area contributed by atoms with Crippen LogP contribution in [0, 0.1) is 18.3 Å². The summed E-state index contributed by atoms with van der Waals surface area (Å²) in [4.78, 5) is 2.34. The number of rotatable bonds is 1. The summed E-state index contributed by atoms with van der Waals surface area (Å²) >= 11 is 0. The van der Waals surface area contributed by atoms with Crippen LogP contribution < -0.4 is 10.6 Å². The van der Waals surface area contributed by atoms with Crippen molar-refractivity contribution in [1.29, 1.82) is 5.26 Å². The zero-order chi connectivity index (χ0) is 11.5. The van der Waals surface area contributed by atoms with Gasteiger partial charge in [-0.15, -0.1) is 0 Å².